The summed E-state index contributed by atoms with van der Waals surface area (Å²) in [4.78, 5) is 36.0. The monoisotopic (exact) mass is 436 g/mol. The molecule has 0 heterocycles. The number of hydrogen-bond donors (Lipinski definition) is 4. The van der Waals surface area contributed by atoms with Gasteiger partial charge in [0, 0.05) is 12.3 Å². The first-order valence-electron chi connectivity index (χ1n) is 10.1. The zero-order chi connectivity index (χ0) is 23.1. The number of nitrogens with one attached hydrogen (secondary N) is 2. The second-order valence-corrected chi connectivity index (χ2v) is 7.42. The molecule has 3 rings (SSSR count). The summed E-state index contributed by atoms with van der Waals surface area (Å²) in [5.41, 5.74) is 4.20. The lowest BCUT2D eigenvalue weighted by atomic mass is 9.98. The smallest absolute Gasteiger partial charge is 0.407 e. The minimum Gasteiger partial charge on any atom is -0.481 e. The molecular weight excluding hydrogens is 412 g/mol. The number of amides is 2. The van der Waals surface area contributed by atoms with Crippen molar-refractivity contribution in [1.82, 2.24) is 10.6 Å². The summed E-state index contributed by atoms with van der Waals surface area (Å²) in [7, 11) is 0. The summed E-state index contributed by atoms with van der Waals surface area (Å²) in [6.45, 7) is -0.391. The second kappa shape index (κ2) is 10.5. The number of fused-ring (bicyclic) bond motifs is 3. The van der Waals surface area contributed by atoms with Crippen LogP contribution in [-0.4, -0.2) is 53.5 Å². The molecular formula is C24H24N2O6. The largest absolute Gasteiger partial charge is 0.481 e. The maximum Gasteiger partial charge on any atom is 0.407 e. The van der Waals surface area contributed by atoms with Gasteiger partial charge in [0.1, 0.15) is 12.6 Å². The van der Waals surface area contributed by atoms with Crippen molar-refractivity contribution in [3.8, 4) is 23.5 Å². The van der Waals surface area contributed by atoms with Crippen molar-refractivity contribution in [2.75, 3.05) is 13.2 Å². The van der Waals surface area contributed by atoms with Crippen molar-refractivity contribution in [2.45, 2.75) is 30.8 Å². The van der Waals surface area contributed by atoms with Crippen molar-refractivity contribution in [1.29, 1.82) is 0 Å². The zero-order valence-electron chi connectivity index (χ0n) is 17.3. The van der Waals surface area contributed by atoms with E-state index in [-0.39, 0.29) is 18.9 Å². The normalized spacial score (nSPS) is 13.8. The number of benzene rings is 2. The number of carbonyl (C=O) groups excluding carboxylic acids is 2. The van der Waals surface area contributed by atoms with Gasteiger partial charge in [0.25, 0.3) is 0 Å². The van der Waals surface area contributed by atoms with E-state index in [4.69, 9.17) is 16.3 Å². The summed E-state index contributed by atoms with van der Waals surface area (Å²) >= 11 is 0. The number of carboxylic acids is 1. The Morgan fingerprint density at radius 3 is 2.16 bits per heavy atom. The first-order valence-corrected chi connectivity index (χ1v) is 10.1. The molecule has 2 aromatic rings. The molecule has 0 fully saturated rings. The van der Waals surface area contributed by atoms with Crippen LogP contribution in [0.2, 0.25) is 0 Å². The first kappa shape index (κ1) is 22.8. The number of aliphatic hydroxyl groups excluding tert-OH is 1. The quantitative estimate of drug-likeness (QED) is 0.445. The highest BCUT2D eigenvalue weighted by Crippen LogP contribution is 2.44. The topological polar surface area (TPSA) is 125 Å². The average Bonchev–Trinajstić information content (AvgIpc) is 3.10. The Bertz CT molecular complexity index is 999. The van der Waals surface area contributed by atoms with Crippen LogP contribution in [0.15, 0.2) is 48.5 Å². The zero-order valence-corrected chi connectivity index (χ0v) is 17.3. The standard InChI is InChI=1S/C24H24N2O6/c1-2-7-15(13-27)25-23(30)21(12-22(28)29)26-24(31)32-14-20-18-10-5-3-8-16(18)17-9-4-6-11-19(17)20/h1,3-6,8-11,15,20-21,27H,7,12-14H2,(H,25,30)(H,26,31)(H,28,29). The minimum absolute atomic E-state index is 0.0254. The molecule has 4 N–H and O–H groups in total. The highest BCUT2D eigenvalue weighted by atomic mass is 16.5. The number of rotatable bonds is 9. The Kier molecular flexibility index (Phi) is 7.47. The number of terminal acetylenes is 1. The molecule has 2 amide bonds. The van der Waals surface area contributed by atoms with Gasteiger partial charge in [0.15, 0.2) is 0 Å². The second-order valence-electron chi connectivity index (χ2n) is 7.42. The third-order valence-corrected chi connectivity index (χ3v) is 5.26. The third kappa shape index (κ3) is 5.25. The molecule has 32 heavy (non-hydrogen) atoms. The van der Waals surface area contributed by atoms with Crippen LogP contribution in [0, 0.1) is 12.3 Å². The number of hydrogen-bond acceptors (Lipinski definition) is 5. The highest BCUT2D eigenvalue weighted by Gasteiger charge is 2.30. The lowest BCUT2D eigenvalue weighted by Crippen LogP contribution is -2.51. The number of carboxylic acid groups (broad SMARTS) is 1. The van der Waals surface area contributed by atoms with E-state index in [0.29, 0.717) is 0 Å². The van der Waals surface area contributed by atoms with Gasteiger partial charge in [-0.15, -0.1) is 12.3 Å². The van der Waals surface area contributed by atoms with Crippen LogP contribution in [0.5, 0.6) is 0 Å². The molecule has 2 unspecified atom stereocenters. The van der Waals surface area contributed by atoms with E-state index in [1.54, 1.807) is 0 Å². The first-order chi connectivity index (χ1) is 15.4. The Labute approximate surface area is 185 Å². The van der Waals surface area contributed by atoms with Gasteiger partial charge in [0.2, 0.25) is 5.91 Å². The van der Waals surface area contributed by atoms with Gasteiger partial charge in [-0.3, -0.25) is 9.59 Å². The molecule has 8 nitrogen and oxygen atoms in total. The van der Waals surface area contributed by atoms with Crippen LogP contribution in [0.1, 0.15) is 29.9 Å². The summed E-state index contributed by atoms with van der Waals surface area (Å²) in [6, 6.07) is 13.6. The molecule has 0 radical (unpaired) electrons. The maximum atomic E-state index is 12.4. The molecule has 0 bridgehead atoms. The molecule has 0 aromatic heterocycles. The predicted octanol–water partition coefficient (Wildman–Crippen LogP) is 1.87. The van der Waals surface area contributed by atoms with Crippen molar-refractivity contribution in [3.63, 3.8) is 0 Å². The van der Waals surface area contributed by atoms with Crippen LogP contribution < -0.4 is 10.6 Å². The molecule has 2 atom stereocenters. The highest BCUT2D eigenvalue weighted by molar-refractivity contribution is 5.89. The summed E-state index contributed by atoms with van der Waals surface area (Å²) in [6.07, 6.45) is 3.69. The van der Waals surface area contributed by atoms with Gasteiger partial charge < -0.3 is 25.6 Å². The van der Waals surface area contributed by atoms with E-state index in [0.717, 1.165) is 22.3 Å². The minimum atomic E-state index is -1.38. The van der Waals surface area contributed by atoms with E-state index < -0.39 is 43.1 Å². The van der Waals surface area contributed by atoms with E-state index in [1.165, 1.54) is 0 Å². The van der Waals surface area contributed by atoms with Crippen LogP contribution in [0.4, 0.5) is 4.79 Å². The molecule has 1 aliphatic rings. The molecule has 166 valence electrons. The van der Waals surface area contributed by atoms with Crippen LogP contribution >= 0.6 is 0 Å². The average molecular weight is 436 g/mol. The van der Waals surface area contributed by atoms with Gasteiger partial charge in [0.05, 0.1) is 19.1 Å². The lowest BCUT2D eigenvalue weighted by molar-refractivity contribution is -0.140. The number of aliphatic carboxylic acids is 1. The summed E-state index contributed by atoms with van der Waals surface area (Å²) in [5.74, 6) is 0.0927. The molecule has 8 heteroatoms. The van der Waals surface area contributed by atoms with Gasteiger partial charge in [-0.25, -0.2) is 4.79 Å². The Hall–Kier alpha value is -3.83. The molecule has 0 spiro atoms. The van der Waals surface area contributed by atoms with Crippen molar-refractivity contribution >= 4 is 18.0 Å². The fourth-order valence-electron chi connectivity index (χ4n) is 3.77. The molecule has 0 aliphatic heterocycles. The van der Waals surface area contributed by atoms with E-state index >= 15 is 0 Å². The van der Waals surface area contributed by atoms with Gasteiger partial charge in [-0.2, -0.15) is 0 Å². The van der Waals surface area contributed by atoms with Gasteiger partial charge in [-0.05, 0) is 22.3 Å². The lowest BCUT2D eigenvalue weighted by Gasteiger charge is -2.21. The fourth-order valence-corrected chi connectivity index (χ4v) is 3.77. The Morgan fingerprint density at radius 2 is 1.62 bits per heavy atom. The van der Waals surface area contributed by atoms with Gasteiger partial charge >= 0.3 is 12.1 Å². The van der Waals surface area contributed by atoms with E-state index in [1.807, 2.05) is 48.5 Å². The third-order valence-electron chi connectivity index (χ3n) is 5.26. The van der Waals surface area contributed by atoms with Crippen molar-refractivity contribution in [2.24, 2.45) is 0 Å². The number of carbonyl (C=O) groups is 3. The summed E-state index contributed by atoms with van der Waals surface area (Å²) in [5, 5.41) is 23.1. The van der Waals surface area contributed by atoms with E-state index in [2.05, 4.69) is 16.6 Å². The molecule has 0 saturated carbocycles. The number of aliphatic hydroxyl groups is 1. The van der Waals surface area contributed by atoms with Crippen molar-refractivity contribution in [3.05, 3.63) is 59.7 Å². The maximum absolute atomic E-state index is 12.4. The van der Waals surface area contributed by atoms with Crippen LogP contribution in [-0.2, 0) is 14.3 Å². The Balaban J connectivity index is 1.66. The van der Waals surface area contributed by atoms with Crippen LogP contribution in [0.3, 0.4) is 0 Å². The van der Waals surface area contributed by atoms with Crippen LogP contribution in [0.25, 0.3) is 11.1 Å². The summed E-state index contributed by atoms with van der Waals surface area (Å²) < 4.78 is 5.38. The number of ether oxygens (including phenoxy) is 1. The SMILES string of the molecule is C#CCC(CO)NC(=O)C(CC(=O)O)NC(=O)OCC1c2ccccc2-c2ccccc21. The van der Waals surface area contributed by atoms with Crippen molar-refractivity contribution < 1.29 is 29.3 Å². The molecule has 0 saturated heterocycles. The van der Waals surface area contributed by atoms with Gasteiger partial charge in [-0.1, -0.05) is 48.5 Å². The predicted molar refractivity (Wildman–Crippen MR) is 117 cm³/mol. The molecule has 1 aliphatic carbocycles. The number of alkyl carbamates (subject to hydrolysis) is 1. The van der Waals surface area contributed by atoms with E-state index in [9.17, 15) is 19.5 Å². The fraction of sp³-hybridized carbons (Fsp3) is 0.292. The molecule has 2 aromatic carbocycles. The Morgan fingerprint density at radius 1 is 1.03 bits per heavy atom.